The summed E-state index contributed by atoms with van der Waals surface area (Å²) < 4.78 is 5.72. The minimum Gasteiger partial charge on any atom is -0.441 e. The predicted octanol–water partition coefficient (Wildman–Crippen LogP) is 3.31. The Bertz CT molecular complexity index is 800. The number of hydrogen-bond acceptors (Lipinski definition) is 8. The molecular formula is C18H25N5O3S. The molecule has 27 heavy (non-hydrogen) atoms. The zero-order valence-corrected chi connectivity index (χ0v) is 16.9. The zero-order chi connectivity index (χ0) is 19.4. The number of thiazole rings is 1. The van der Waals surface area contributed by atoms with Gasteiger partial charge in [-0.1, -0.05) is 32.1 Å². The molecule has 3 heterocycles. The second-order valence-electron chi connectivity index (χ2n) is 7.45. The summed E-state index contributed by atoms with van der Waals surface area (Å²) in [5.74, 6) is 1.37. The number of hydrogen-bond donors (Lipinski definition) is 1. The molecule has 146 valence electrons. The van der Waals surface area contributed by atoms with Crippen LogP contribution in [0, 0.1) is 0 Å². The van der Waals surface area contributed by atoms with Crippen molar-refractivity contribution >= 4 is 34.7 Å². The molecule has 1 amide bonds. The van der Waals surface area contributed by atoms with E-state index in [0.29, 0.717) is 24.1 Å². The molecule has 0 atom stereocenters. The molecular weight excluding hydrogens is 366 g/mol. The molecule has 8 nitrogen and oxygen atoms in total. The number of carbonyl (C=O) groups is 1. The molecule has 1 aliphatic heterocycles. The van der Waals surface area contributed by atoms with E-state index in [4.69, 9.17) is 9.25 Å². The lowest BCUT2D eigenvalue weighted by Gasteiger charge is -2.30. The van der Waals surface area contributed by atoms with Crippen molar-refractivity contribution in [3.8, 4) is 0 Å². The Morgan fingerprint density at radius 1 is 1.22 bits per heavy atom. The van der Waals surface area contributed by atoms with Crippen LogP contribution in [0.2, 0.25) is 0 Å². The van der Waals surface area contributed by atoms with E-state index >= 15 is 0 Å². The second-order valence-corrected chi connectivity index (χ2v) is 8.51. The van der Waals surface area contributed by atoms with Crippen molar-refractivity contribution in [2.75, 3.05) is 38.5 Å². The fourth-order valence-electron chi connectivity index (χ4n) is 2.39. The van der Waals surface area contributed by atoms with Gasteiger partial charge in [-0.05, 0) is 13.1 Å². The summed E-state index contributed by atoms with van der Waals surface area (Å²) in [4.78, 5) is 28.8. The molecule has 0 aliphatic carbocycles. The molecule has 0 radical (unpaired) electrons. The third-order valence-electron chi connectivity index (χ3n) is 4.06. The number of likely N-dealkylation sites (N-methyl/N-ethyl adjacent to an activating group) is 1. The standard InChI is InChI=1S/C18H25N5O3S/c1-18(2,3)14-12-19-15(25-14)6-5-13-11-20-16(27-13)21-17(24)26-23-9-7-22(4)8-10-23/h5-6,11-12H,7-10H2,1-4H3,(H,20,21,24)/b6-5+. The van der Waals surface area contributed by atoms with E-state index in [1.54, 1.807) is 23.5 Å². The maximum atomic E-state index is 12.0. The zero-order valence-electron chi connectivity index (χ0n) is 16.1. The largest absolute Gasteiger partial charge is 0.441 e. The van der Waals surface area contributed by atoms with Crippen LogP contribution in [0.5, 0.6) is 0 Å². The molecule has 1 saturated heterocycles. The lowest BCUT2D eigenvalue weighted by Crippen LogP contribution is -2.45. The van der Waals surface area contributed by atoms with Gasteiger partial charge in [-0.2, -0.15) is 0 Å². The highest BCUT2D eigenvalue weighted by Gasteiger charge is 2.19. The van der Waals surface area contributed by atoms with Crippen molar-refractivity contribution < 1.29 is 14.0 Å². The van der Waals surface area contributed by atoms with Gasteiger partial charge in [0.25, 0.3) is 0 Å². The Morgan fingerprint density at radius 2 is 1.96 bits per heavy atom. The maximum Gasteiger partial charge on any atom is 0.432 e. The number of rotatable bonds is 4. The van der Waals surface area contributed by atoms with Gasteiger partial charge < -0.3 is 14.2 Å². The van der Waals surface area contributed by atoms with Crippen LogP contribution in [-0.4, -0.2) is 59.3 Å². The van der Waals surface area contributed by atoms with Crippen molar-refractivity contribution in [3.05, 3.63) is 28.9 Å². The molecule has 2 aromatic heterocycles. The molecule has 9 heteroatoms. The fraction of sp³-hybridized carbons (Fsp3) is 0.500. The van der Waals surface area contributed by atoms with Crippen LogP contribution < -0.4 is 5.32 Å². The topological polar surface area (TPSA) is 83.7 Å². The first kappa shape index (κ1) is 19.5. The normalized spacial score (nSPS) is 16.7. The van der Waals surface area contributed by atoms with Gasteiger partial charge in [0.1, 0.15) is 5.76 Å². The molecule has 0 unspecified atom stereocenters. The number of hydroxylamine groups is 2. The van der Waals surface area contributed by atoms with Gasteiger partial charge in [0.15, 0.2) is 5.13 Å². The number of anilines is 1. The molecule has 1 fully saturated rings. The van der Waals surface area contributed by atoms with E-state index in [0.717, 1.165) is 23.7 Å². The molecule has 0 saturated carbocycles. The molecule has 1 aliphatic rings. The van der Waals surface area contributed by atoms with Crippen LogP contribution in [0.15, 0.2) is 16.8 Å². The third-order valence-corrected chi connectivity index (χ3v) is 4.94. The van der Waals surface area contributed by atoms with E-state index in [2.05, 4.69) is 41.0 Å². The fourth-order valence-corrected chi connectivity index (χ4v) is 3.10. The summed E-state index contributed by atoms with van der Waals surface area (Å²) >= 11 is 1.35. The number of nitrogens with one attached hydrogen (secondary N) is 1. The number of piperazine rings is 1. The lowest BCUT2D eigenvalue weighted by molar-refractivity contribution is -0.115. The number of amides is 1. The van der Waals surface area contributed by atoms with Crippen molar-refractivity contribution in [2.24, 2.45) is 0 Å². The quantitative estimate of drug-likeness (QED) is 0.856. The van der Waals surface area contributed by atoms with E-state index < -0.39 is 6.09 Å². The second kappa shape index (κ2) is 8.20. The summed E-state index contributed by atoms with van der Waals surface area (Å²) in [6.07, 6.45) is 6.54. The monoisotopic (exact) mass is 391 g/mol. The summed E-state index contributed by atoms with van der Waals surface area (Å²) in [5, 5.41) is 4.81. The smallest absolute Gasteiger partial charge is 0.432 e. The SMILES string of the molecule is CN1CCN(OC(=O)Nc2ncc(/C=C/c3ncc(C(C)(C)C)o3)s2)CC1. The number of carbonyl (C=O) groups excluding carboxylic acids is 1. The van der Waals surface area contributed by atoms with Gasteiger partial charge >= 0.3 is 6.09 Å². The number of nitrogens with zero attached hydrogens (tertiary/aromatic N) is 4. The van der Waals surface area contributed by atoms with Crippen molar-refractivity contribution in [1.29, 1.82) is 0 Å². The van der Waals surface area contributed by atoms with Crippen molar-refractivity contribution in [2.45, 2.75) is 26.2 Å². The average Bonchev–Trinajstić information content (AvgIpc) is 3.24. The minimum atomic E-state index is -0.521. The van der Waals surface area contributed by atoms with Crippen LogP contribution in [0.4, 0.5) is 9.93 Å². The van der Waals surface area contributed by atoms with Gasteiger partial charge in [0.2, 0.25) is 5.89 Å². The first-order valence-corrected chi connectivity index (χ1v) is 9.64. The predicted molar refractivity (Wildman–Crippen MR) is 105 cm³/mol. The van der Waals surface area contributed by atoms with Crippen molar-refractivity contribution in [3.63, 3.8) is 0 Å². The average molecular weight is 391 g/mol. The van der Waals surface area contributed by atoms with Gasteiger partial charge in [0, 0.05) is 48.7 Å². The summed E-state index contributed by atoms with van der Waals surface area (Å²) in [7, 11) is 2.05. The van der Waals surface area contributed by atoms with E-state index in [1.165, 1.54) is 11.3 Å². The van der Waals surface area contributed by atoms with Crippen LogP contribution in [0.25, 0.3) is 12.2 Å². The molecule has 1 N–H and O–H groups in total. The van der Waals surface area contributed by atoms with Crippen LogP contribution >= 0.6 is 11.3 Å². The number of oxazole rings is 1. The molecule has 2 aromatic rings. The van der Waals surface area contributed by atoms with Gasteiger partial charge in [-0.3, -0.25) is 5.32 Å². The maximum absolute atomic E-state index is 12.0. The van der Waals surface area contributed by atoms with Crippen molar-refractivity contribution in [1.82, 2.24) is 19.9 Å². The Morgan fingerprint density at radius 3 is 2.63 bits per heavy atom. The van der Waals surface area contributed by atoms with E-state index in [9.17, 15) is 4.79 Å². The highest BCUT2D eigenvalue weighted by atomic mass is 32.1. The number of aromatic nitrogens is 2. The Hall–Kier alpha value is -2.23. The third kappa shape index (κ3) is 5.62. The lowest BCUT2D eigenvalue weighted by atomic mass is 9.94. The molecule has 0 aromatic carbocycles. The van der Waals surface area contributed by atoms with Crippen LogP contribution in [0.1, 0.15) is 37.3 Å². The van der Waals surface area contributed by atoms with Gasteiger partial charge in [-0.15, -0.1) is 5.06 Å². The summed E-state index contributed by atoms with van der Waals surface area (Å²) in [6.45, 7) is 9.36. The molecule has 0 spiro atoms. The first-order chi connectivity index (χ1) is 12.8. The van der Waals surface area contributed by atoms with E-state index in [-0.39, 0.29) is 5.41 Å². The van der Waals surface area contributed by atoms with E-state index in [1.807, 2.05) is 13.1 Å². The van der Waals surface area contributed by atoms with Gasteiger partial charge in [-0.25, -0.2) is 14.8 Å². The minimum absolute atomic E-state index is 0.0786. The van der Waals surface area contributed by atoms with Crippen LogP contribution in [0.3, 0.4) is 0 Å². The Labute approximate surface area is 162 Å². The molecule has 3 rings (SSSR count). The Kier molecular flexibility index (Phi) is 5.93. The Balaban J connectivity index is 1.52. The van der Waals surface area contributed by atoms with Gasteiger partial charge in [0.05, 0.1) is 6.20 Å². The van der Waals surface area contributed by atoms with Crippen LogP contribution in [-0.2, 0) is 10.3 Å². The first-order valence-electron chi connectivity index (χ1n) is 8.82. The summed E-state index contributed by atoms with van der Waals surface area (Å²) in [6, 6.07) is 0. The highest BCUT2D eigenvalue weighted by Crippen LogP contribution is 2.24. The highest BCUT2D eigenvalue weighted by molar-refractivity contribution is 7.16. The summed E-state index contributed by atoms with van der Waals surface area (Å²) in [5.41, 5.74) is -0.0786. The molecule has 0 bridgehead atoms.